The monoisotopic (exact) mass is 165 g/mol. The molecule has 2 aliphatic heterocycles. The molecule has 3 fully saturated rings. The number of nitrogens with zero attached hydrogens (tertiary/aromatic N) is 1. The molecule has 3 aliphatic rings. The Morgan fingerprint density at radius 1 is 1.17 bits per heavy atom. The average molecular weight is 165 g/mol. The third-order valence-corrected chi connectivity index (χ3v) is 4.39. The fraction of sp³-hybridized carbons (Fsp3) is 1.00. The van der Waals surface area contributed by atoms with E-state index in [0.29, 0.717) is 0 Å². The molecule has 1 aliphatic carbocycles. The third-order valence-electron chi connectivity index (χ3n) is 4.39. The van der Waals surface area contributed by atoms with Gasteiger partial charge >= 0.3 is 0 Å². The molecule has 4 atom stereocenters. The highest BCUT2D eigenvalue weighted by Gasteiger charge is 2.45. The predicted molar refractivity (Wildman–Crippen MR) is 50.0 cm³/mol. The highest BCUT2D eigenvalue weighted by molar-refractivity contribution is 4.99. The van der Waals surface area contributed by atoms with E-state index in [0.717, 1.165) is 23.9 Å². The van der Waals surface area contributed by atoms with Gasteiger partial charge in [0.1, 0.15) is 0 Å². The maximum Gasteiger partial charge on any atom is 0.0127 e. The van der Waals surface area contributed by atoms with Gasteiger partial charge in [-0.3, -0.25) is 4.90 Å². The van der Waals surface area contributed by atoms with Crippen LogP contribution in [0.3, 0.4) is 0 Å². The minimum Gasteiger partial charge on any atom is -0.297 e. The minimum atomic E-state index is 0.983. The molecule has 12 heavy (non-hydrogen) atoms. The Morgan fingerprint density at radius 3 is 3.00 bits per heavy atom. The molecule has 1 saturated carbocycles. The van der Waals surface area contributed by atoms with Gasteiger partial charge < -0.3 is 0 Å². The first-order chi connectivity index (χ1) is 5.84. The third kappa shape index (κ3) is 0.891. The number of fused-ring (bicyclic) bond motifs is 4. The van der Waals surface area contributed by atoms with Crippen molar-refractivity contribution in [2.45, 2.75) is 51.1 Å². The highest BCUT2D eigenvalue weighted by atomic mass is 15.2. The van der Waals surface area contributed by atoms with Gasteiger partial charge in [0, 0.05) is 12.1 Å². The van der Waals surface area contributed by atoms with Crippen molar-refractivity contribution in [2.75, 3.05) is 6.54 Å². The number of piperidine rings is 1. The van der Waals surface area contributed by atoms with Gasteiger partial charge in [-0.25, -0.2) is 0 Å². The molecule has 0 amide bonds. The van der Waals surface area contributed by atoms with Gasteiger partial charge in [-0.05, 0) is 50.5 Å². The second-order valence-corrected chi connectivity index (χ2v) is 5.15. The van der Waals surface area contributed by atoms with Crippen LogP contribution in [0.15, 0.2) is 0 Å². The van der Waals surface area contributed by atoms with E-state index in [1.165, 1.54) is 38.6 Å². The zero-order valence-corrected chi connectivity index (χ0v) is 8.00. The van der Waals surface area contributed by atoms with Crippen molar-refractivity contribution >= 4 is 0 Å². The molecule has 0 spiro atoms. The molecule has 2 heterocycles. The van der Waals surface area contributed by atoms with Crippen LogP contribution in [-0.2, 0) is 0 Å². The van der Waals surface area contributed by atoms with Crippen molar-refractivity contribution < 1.29 is 0 Å². The van der Waals surface area contributed by atoms with Crippen LogP contribution in [0.4, 0.5) is 0 Å². The fourth-order valence-corrected chi connectivity index (χ4v) is 3.94. The fourth-order valence-electron chi connectivity index (χ4n) is 3.94. The lowest BCUT2D eigenvalue weighted by molar-refractivity contribution is 0.113. The zero-order valence-electron chi connectivity index (χ0n) is 8.00. The lowest BCUT2D eigenvalue weighted by Crippen LogP contribution is -2.43. The first kappa shape index (κ1) is 7.37. The zero-order chi connectivity index (χ0) is 8.13. The second-order valence-electron chi connectivity index (χ2n) is 5.15. The Balaban J connectivity index is 1.86. The molecule has 1 nitrogen and oxygen atoms in total. The standard InChI is InChI=1S/C11H19N/c1-8-5-9-6-10-3-2-4-12(10)11(8)7-9/h8-11H,2-7H2,1H3. The van der Waals surface area contributed by atoms with Crippen LogP contribution in [-0.4, -0.2) is 23.5 Å². The minimum absolute atomic E-state index is 0.983. The summed E-state index contributed by atoms with van der Waals surface area (Å²) in [5, 5.41) is 0. The smallest absolute Gasteiger partial charge is 0.0127 e. The molecule has 0 aromatic rings. The summed E-state index contributed by atoms with van der Waals surface area (Å²) in [6.45, 7) is 3.87. The molecule has 3 rings (SSSR count). The summed E-state index contributed by atoms with van der Waals surface area (Å²) >= 11 is 0. The van der Waals surface area contributed by atoms with Crippen LogP contribution in [0.25, 0.3) is 0 Å². The van der Waals surface area contributed by atoms with E-state index in [2.05, 4.69) is 11.8 Å². The Labute approximate surface area is 75.1 Å². The summed E-state index contributed by atoms with van der Waals surface area (Å²) in [5.41, 5.74) is 0. The van der Waals surface area contributed by atoms with Crippen LogP contribution in [0.1, 0.15) is 39.0 Å². The average Bonchev–Trinajstić information content (AvgIpc) is 2.59. The van der Waals surface area contributed by atoms with Crippen LogP contribution < -0.4 is 0 Å². The number of hydrogen-bond donors (Lipinski definition) is 0. The Kier molecular flexibility index (Phi) is 1.52. The Bertz CT molecular complexity index is 189. The topological polar surface area (TPSA) is 3.24 Å². The molecule has 68 valence electrons. The summed E-state index contributed by atoms with van der Waals surface area (Å²) in [6, 6.07) is 1.98. The summed E-state index contributed by atoms with van der Waals surface area (Å²) in [6.07, 6.45) is 7.55. The van der Waals surface area contributed by atoms with Gasteiger partial charge in [-0.1, -0.05) is 6.92 Å². The number of rotatable bonds is 0. The Morgan fingerprint density at radius 2 is 2.08 bits per heavy atom. The van der Waals surface area contributed by atoms with Gasteiger partial charge in [0.2, 0.25) is 0 Å². The normalized spacial score (nSPS) is 52.8. The number of hydrogen-bond acceptors (Lipinski definition) is 1. The van der Waals surface area contributed by atoms with Gasteiger partial charge in [0.15, 0.2) is 0 Å². The molecular weight excluding hydrogens is 146 g/mol. The lowest BCUT2D eigenvalue weighted by atomic mass is 9.93. The van der Waals surface area contributed by atoms with Crippen LogP contribution >= 0.6 is 0 Å². The highest BCUT2D eigenvalue weighted by Crippen LogP contribution is 2.45. The van der Waals surface area contributed by atoms with Crippen molar-refractivity contribution in [1.82, 2.24) is 4.90 Å². The lowest BCUT2D eigenvalue weighted by Gasteiger charge is -2.36. The summed E-state index contributed by atoms with van der Waals surface area (Å²) in [4.78, 5) is 2.83. The maximum atomic E-state index is 2.83. The molecule has 2 bridgehead atoms. The van der Waals surface area contributed by atoms with E-state index in [9.17, 15) is 0 Å². The van der Waals surface area contributed by atoms with Crippen molar-refractivity contribution in [3.8, 4) is 0 Å². The molecule has 2 saturated heterocycles. The van der Waals surface area contributed by atoms with Gasteiger partial charge in [-0.2, -0.15) is 0 Å². The van der Waals surface area contributed by atoms with E-state index < -0.39 is 0 Å². The molecule has 1 heteroatoms. The van der Waals surface area contributed by atoms with E-state index in [-0.39, 0.29) is 0 Å². The largest absolute Gasteiger partial charge is 0.297 e. The van der Waals surface area contributed by atoms with Gasteiger partial charge in [-0.15, -0.1) is 0 Å². The summed E-state index contributed by atoms with van der Waals surface area (Å²) in [5.74, 6) is 2.10. The van der Waals surface area contributed by atoms with E-state index >= 15 is 0 Å². The predicted octanol–water partition coefficient (Wildman–Crippen LogP) is 2.27. The molecule has 0 aromatic heterocycles. The van der Waals surface area contributed by atoms with E-state index in [1.54, 1.807) is 0 Å². The SMILES string of the molecule is CC1CC2CC3CCCN3C1C2. The molecule has 0 radical (unpaired) electrons. The van der Waals surface area contributed by atoms with Gasteiger partial charge in [0.05, 0.1) is 0 Å². The van der Waals surface area contributed by atoms with Crippen LogP contribution in [0.5, 0.6) is 0 Å². The van der Waals surface area contributed by atoms with Crippen molar-refractivity contribution in [2.24, 2.45) is 11.8 Å². The first-order valence-electron chi connectivity index (χ1n) is 5.60. The quantitative estimate of drug-likeness (QED) is 0.532. The summed E-state index contributed by atoms with van der Waals surface area (Å²) < 4.78 is 0. The first-order valence-corrected chi connectivity index (χ1v) is 5.60. The molecular formula is C11H19N. The van der Waals surface area contributed by atoms with E-state index in [1.807, 2.05) is 0 Å². The molecule has 0 N–H and O–H groups in total. The van der Waals surface area contributed by atoms with Gasteiger partial charge in [0.25, 0.3) is 0 Å². The van der Waals surface area contributed by atoms with Crippen molar-refractivity contribution in [3.63, 3.8) is 0 Å². The molecule has 0 aromatic carbocycles. The maximum absolute atomic E-state index is 2.83. The Hall–Kier alpha value is -0.0400. The van der Waals surface area contributed by atoms with Crippen molar-refractivity contribution in [1.29, 1.82) is 0 Å². The van der Waals surface area contributed by atoms with Crippen LogP contribution in [0, 0.1) is 11.8 Å². The van der Waals surface area contributed by atoms with E-state index in [4.69, 9.17) is 0 Å². The molecule has 4 unspecified atom stereocenters. The van der Waals surface area contributed by atoms with Crippen molar-refractivity contribution in [3.05, 3.63) is 0 Å². The second kappa shape index (κ2) is 2.47. The summed E-state index contributed by atoms with van der Waals surface area (Å²) in [7, 11) is 0. The van der Waals surface area contributed by atoms with Crippen LogP contribution in [0.2, 0.25) is 0 Å².